The van der Waals surface area contributed by atoms with Gasteiger partial charge in [0, 0.05) is 33.2 Å². The second-order valence-corrected chi connectivity index (χ2v) is 8.16. The smallest absolute Gasteiger partial charge is 0.356 e. The number of halogens is 5. The average Bonchev–Trinajstić information content (AvgIpc) is 2.61. The molecule has 0 bridgehead atoms. The van der Waals surface area contributed by atoms with Crippen molar-refractivity contribution >= 4 is 40.0 Å². The highest BCUT2D eigenvalue weighted by Gasteiger charge is 2.50. The van der Waals surface area contributed by atoms with Crippen LogP contribution in [0.3, 0.4) is 0 Å². The molecule has 0 amide bonds. The molecule has 0 radical (unpaired) electrons. The lowest BCUT2D eigenvalue weighted by molar-refractivity contribution is -0.0496. The van der Waals surface area contributed by atoms with Gasteiger partial charge in [0.05, 0.1) is 0 Å². The van der Waals surface area contributed by atoms with E-state index in [9.17, 15) is 26.0 Å². The maximum atomic E-state index is 13.2. The predicted octanol–water partition coefficient (Wildman–Crippen LogP) is 2.67. The quantitative estimate of drug-likeness (QED) is 0.262. The van der Waals surface area contributed by atoms with Gasteiger partial charge >= 0.3 is 15.5 Å². The molecule has 1 aromatic carbocycles. The van der Waals surface area contributed by atoms with Gasteiger partial charge in [-0.2, -0.15) is 17.5 Å². The second kappa shape index (κ2) is 10.6. The zero-order chi connectivity index (χ0) is 20.1. The minimum atomic E-state index is -5.26. The van der Waals surface area contributed by atoms with Crippen LogP contribution in [0.25, 0.3) is 0 Å². The molecular formula is C16H23F4IN4O2S. The van der Waals surface area contributed by atoms with Crippen LogP contribution in [-0.4, -0.2) is 50.9 Å². The number of piperidine rings is 1. The number of rotatable bonds is 5. The fraction of sp³-hybridized carbons (Fsp3) is 0.562. The Morgan fingerprint density at radius 3 is 2.43 bits per heavy atom. The maximum Gasteiger partial charge on any atom is 0.511 e. The summed E-state index contributed by atoms with van der Waals surface area (Å²) in [5.74, 6) is 0.167. The van der Waals surface area contributed by atoms with Gasteiger partial charge in [-0.1, -0.05) is 12.1 Å². The summed E-state index contributed by atoms with van der Waals surface area (Å²) in [6.07, 6.45) is 0.645. The van der Waals surface area contributed by atoms with Crippen molar-refractivity contribution in [1.29, 1.82) is 0 Å². The number of guanidine groups is 1. The third-order valence-electron chi connectivity index (χ3n) is 4.34. The van der Waals surface area contributed by atoms with E-state index >= 15 is 0 Å². The van der Waals surface area contributed by atoms with Crippen LogP contribution in [0.15, 0.2) is 29.3 Å². The molecule has 6 nitrogen and oxygen atoms in total. The maximum absolute atomic E-state index is 13.2. The van der Waals surface area contributed by atoms with Gasteiger partial charge in [-0.3, -0.25) is 4.99 Å². The zero-order valence-electron chi connectivity index (χ0n) is 15.2. The number of benzene rings is 1. The van der Waals surface area contributed by atoms with E-state index in [0.717, 1.165) is 5.56 Å². The van der Waals surface area contributed by atoms with Crippen molar-refractivity contribution in [3.8, 4) is 0 Å². The molecule has 1 aliphatic rings. The fourth-order valence-electron chi connectivity index (χ4n) is 2.79. The van der Waals surface area contributed by atoms with Gasteiger partial charge in [-0.15, -0.1) is 24.0 Å². The standard InChI is InChI=1S/C16H22F4N4O2S.HI/c1-21-15(23-11-13-3-2-4-14(17)9-13)22-10-12-5-7-24(8-6-12)27(25,26)16(18,19)20;/h2-4,9,12H,5-8,10-11H2,1H3,(H2,21,22,23);1H. The molecule has 1 aromatic rings. The van der Waals surface area contributed by atoms with Gasteiger partial charge in [0.1, 0.15) is 5.82 Å². The van der Waals surface area contributed by atoms with Crippen LogP contribution in [0.5, 0.6) is 0 Å². The number of hydrogen-bond acceptors (Lipinski definition) is 3. The number of sulfonamides is 1. The average molecular weight is 538 g/mol. The van der Waals surface area contributed by atoms with E-state index < -0.39 is 15.5 Å². The number of nitrogens with one attached hydrogen (secondary N) is 2. The molecule has 1 fully saturated rings. The van der Waals surface area contributed by atoms with Crippen LogP contribution >= 0.6 is 24.0 Å². The third kappa shape index (κ3) is 6.72. The van der Waals surface area contributed by atoms with Crippen LogP contribution in [0.1, 0.15) is 18.4 Å². The Kier molecular flexibility index (Phi) is 9.40. The molecule has 0 aliphatic carbocycles. The van der Waals surface area contributed by atoms with Crippen molar-refractivity contribution < 1.29 is 26.0 Å². The number of nitrogens with zero attached hydrogens (tertiary/aromatic N) is 2. The molecule has 2 N–H and O–H groups in total. The summed E-state index contributed by atoms with van der Waals surface area (Å²) in [6, 6.07) is 6.12. The van der Waals surface area contributed by atoms with E-state index in [0.29, 0.717) is 36.2 Å². The first-order valence-electron chi connectivity index (χ1n) is 8.39. The largest absolute Gasteiger partial charge is 0.511 e. The van der Waals surface area contributed by atoms with Gasteiger partial charge < -0.3 is 10.6 Å². The lowest BCUT2D eigenvalue weighted by Crippen LogP contribution is -2.47. The first-order chi connectivity index (χ1) is 12.6. The zero-order valence-corrected chi connectivity index (χ0v) is 18.3. The highest BCUT2D eigenvalue weighted by atomic mass is 127. The fourth-order valence-corrected chi connectivity index (χ4v) is 3.78. The Hall–Kier alpha value is -1.15. The van der Waals surface area contributed by atoms with Crippen molar-refractivity contribution in [2.24, 2.45) is 10.9 Å². The molecule has 28 heavy (non-hydrogen) atoms. The Bertz CT molecular complexity index is 766. The molecule has 1 aliphatic heterocycles. The van der Waals surface area contributed by atoms with Crippen LogP contribution < -0.4 is 10.6 Å². The summed E-state index contributed by atoms with van der Waals surface area (Å²) in [7, 11) is -3.69. The van der Waals surface area contributed by atoms with E-state index in [1.54, 1.807) is 19.2 Å². The van der Waals surface area contributed by atoms with E-state index in [4.69, 9.17) is 0 Å². The summed E-state index contributed by atoms with van der Waals surface area (Å²) in [5, 5.41) is 6.09. The van der Waals surface area contributed by atoms with Crippen molar-refractivity contribution in [3.05, 3.63) is 35.6 Å². The summed E-state index contributed by atoms with van der Waals surface area (Å²) in [6.45, 7) is 0.482. The summed E-state index contributed by atoms with van der Waals surface area (Å²) < 4.78 is 74.2. The Balaban J connectivity index is 0.00000392. The SMILES string of the molecule is CN=C(NCc1cccc(F)c1)NCC1CCN(S(=O)(=O)C(F)(F)F)CC1.I. The second-order valence-electron chi connectivity index (χ2n) is 6.23. The van der Waals surface area contributed by atoms with Crippen molar-refractivity contribution in [2.45, 2.75) is 24.9 Å². The van der Waals surface area contributed by atoms with E-state index in [2.05, 4.69) is 15.6 Å². The molecule has 1 saturated heterocycles. The lowest BCUT2D eigenvalue weighted by Gasteiger charge is -2.31. The highest BCUT2D eigenvalue weighted by molar-refractivity contribution is 14.0. The number of hydrogen-bond donors (Lipinski definition) is 2. The van der Waals surface area contributed by atoms with Crippen molar-refractivity contribution in [3.63, 3.8) is 0 Å². The molecule has 1 heterocycles. The first-order valence-corrected chi connectivity index (χ1v) is 9.83. The molecule has 12 heteroatoms. The van der Waals surface area contributed by atoms with Gasteiger partial charge in [0.25, 0.3) is 0 Å². The van der Waals surface area contributed by atoms with Crippen LogP contribution in [0.4, 0.5) is 17.6 Å². The van der Waals surface area contributed by atoms with Crippen LogP contribution in [0.2, 0.25) is 0 Å². The Morgan fingerprint density at radius 2 is 1.89 bits per heavy atom. The number of aliphatic imine (C=N–C) groups is 1. The number of alkyl halides is 3. The first kappa shape index (κ1) is 24.9. The molecule has 160 valence electrons. The summed E-state index contributed by atoms with van der Waals surface area (Å²) >= 11 is 0. The summed E-state index contributed by atoms with van der Waals surface area (Å²) in [4.78, 5) is 4.04. The van der Waals surface area contributed by atoms with E-state index in [1.165, 1.54) is 12.1 Å². The summed E-state index contributed by atoms with van der Waals surface area (Å²) in [5.41, 5.74) is -4.52. The molecule has 0 unspecified atom stereocenters. The Morgan fingerprint density at radius 1 is 1.25 bits per heavy atom. The molecule has 0 saturated carbocycles. The van der Waals surface area contributed by atoms with Crippen molar-refractivity contribution in [1.82, 2.24) is 14.9 Å². The molecule has 2 rings (SSSR count). The molecule has 0 aromatic heterocycles. The van der Waals surface area contributed by atoms with Gasteiger partial charge in [-0.25, -0.2) is 12.8 Å². The van der Waals surface area contributed by atoms with Gasteiger partial charge in [0.2, 0.25) is 0 Å². The van der Waals surface area contributed by atoms with Gasteiger partial charge in [0.15, 0.2) is 5.96 Å². The van der Waals surface area contributed by atoms with E-state index in [1.807, 2.05) is 0 Å². The highest BCUT2D eigenvalue weighted by Crippen LogP contribution is 2.30. The normalized spacial score (nSPS) is 17.1. The van der Waals surface area contributed by atoms with Gasteiger partial charge in [-0.05, 0) is 36.5 Å². The predicted molar refractivity (Wildman–Crippen MR) is 109 cm³/mol. The monoisotopic (exact) mass is 538 g/mol. The molecular weight excluding hydrogens is 515 g/mol. The third-order valence-corrected chi connectivity index (χ3v) is 5.97. The minimum absolute atomic E-state index is 0. The van der Waals surface area contributed by atoms with E-state index in [-0.39, 0.29) is 48.8 Å². The van der Waals surface area contributed by atoms with Crippen LogP contribution in [0, 0.1) is 11.7 Å². The van der Waals surface area contributed by atoms with Crippen molar-refractivity contribution in [2.75, 3.05) is 26.7 Å². The Labute approximate surface area is 178 Å². The topological polar surface area (TPSA) is 73.8 Å². The van der Waals surface area contributed by atoms with Crippen LogP contribution in [-0.2, 0) is 16.6 Å². The molecule has 0 atom stereocenters. The lowest BCUT2D eigenvalue weighted by atomic mass is 9.98. The minimum Gasteiger partial charge on any atom is -0.356 e. The molecule has 0 spiro atoms.